The molecule has 2 rings (SSSR count). The summed E-state index contributed by atoms with van der Waals surface area (Å²) in [5.74, 6) is 0.297. The summed E-state index contributed by atoms with van der Waals surface area (Å²) in [6, 6.07) is 20.3. The Kier molecular flexibility index (Phi) is 8.32. The summed E-state index contributed by atoms with van der Waals surface area (Å²) < 4.78 is 0. The van der Waals surface area contributed by atoms with Crippen LogP contribution in [0.25, 0.3) is 0 Å². The smallest absolute Gasteiger partial charge is 0.234 e. The van der Waals surface area contributed by atoms with Crippen molar-refractivity contribution >= 4 is 5.91 Å². The number of aliphatic hydroxyl groups excluding tert-OH is 1. The number of nitrogens with one attached hydrogen (secondary N) is 1. The molecule has 0 aliphatic carbocycles. The molecule has 0 bridgehead atoms. The van der Waals surface area contributed by atoms with Crippen molar-refractivity contribution in [2.45, 2.75) is 26.3 Å². The maximum absolute atomic E-state index is 12.6. The van der Waals surface area contributed by atoms with Crippen LogP contribution in [-0.4, -0.2) is 42.2 Å². The lowest BCUT2D eigenvalue weighted by Crippen LogP contribution is -2.42. The second-order valence-corrected chi connectivity index (χ2v) is 6.94. The Morgan fingerprint density at radius 2 is 1.62 bits per heavy atom. The first-order valence-electron chi connectivity index (χ1n) is 9.31. The first kappa shape index (κ1) is 20.1. The van der Waals surface area contributed by atoms with Gasteiger partial charge >= 0.3 is 0 Å². The van der Waals surface area contributed by atoms with Crippen molar-refractivity contribution in [2.75, 3.05) is 26.2 Å². The molecule has 0 fully saturated rings. The van der Waals surface area contributed by atoms with E-state index < -0.39 is 0 Å². The number of aliphatic hydroxyl groups is 1. The van der Waals surface area contributed by atoms with E-state index >= 15 is 0 Å². The maximum Gasteiger partial charge on any atom is 0.234 e. The summed E-state index contributed by atoms with van der Waals surface area (Å²) in [6.07, 6.45) is 0.862. The quantitative estimate of drug-likeness (QED) is 0.689. The van der Waals surface area contributed by atoms with E-state index in [9.17, 15) is 9.90 Å². The van der Waals surface area contributed by atoms with Crippen molar-refractivity contribution in [3.8, 4) is 0 Å². The van der Waals surface area contributed by atoms with Gasteiger partial charge in [0, 0.05) is 13.1 Å². The highest BCUT2D eigenvalue weighted by molar-refractivity contribution is 5.78. The van der Waals surface area contributed by atoms with Crippen molar-refractivity contribution < 1.29 is 9.90 Å². The summed E-state index contributed by atoms with van der Waals surface area (Å²) in [7, 11) is 0. The van der Waals surface area contributed by atoms with E-state index in [2.05, 4.69) is 31.3 Å². The van der Waals surface area contributed by atoms with Gasteiger partial charge in [-0.25, -0.2) is 0 Å². The van der Waals surface area contributed by atoms with Gasteiger partial charge in [-0.2, -0.15) is 0 Å². The zero-order chi connectivity index (χ0) is 18.8. The van der Waals surface area contributed by atoms with Crippen molar-refractivity contribution in [1.82, 2.24) is 10.2 Å². The minimum Gasteiger partial charge on any atom is -0.395 e. The SMILES string of the molecule is CC(C)C(NC(=O)CN(CCO)CCc1ccccc1)c1ccccc1. The van der Waals surface area contributed by atoms with Crippen LogP contribution >= 0.6 is 0 Å². The molecular formula is C22H30N2O2. The molecule has 2 N–H and O–H groups in total. The number of hydrogen-bond donors (Lipinski definition) is 2. The van der Waals surface area contributed by atoms with E-state index in [4.69, 9.17) is 0 Å². The van der Waals surface area contributed by atoms with Gasteiger partial charge in [0.05, 0.1) is 19.2 Å². The summed E-state index contributed by atoms with van der Waals surface area (Å²) in [6.45, 7) is 5.81. The predicted octanol–water partition coefficient (Wildman–Crippen LogP) is 3.04. The standard InChI is InChI=1S/C22H30N2O2/c1-18(2)22(20-11-7-4-8-12-20)23-21(26)17-24(15-16-25)14-13-19-9-5-3-6-10-19/h3-12,18,22,25H,13-17H2,1-2H3,(H,23,26). The summed E-state index contributed by atoms with van der Waals surface area (Å²) in [4.78, 5) is 14.6. The maximum atomic E-state index is 12.6. The molecule has 4 heteroatoms. The highest BCUT2D eigenvalue weighted by Crippen LogP contribution is 2.21. The van der Waals surface area contributed by atoms with E-state index in [0.29, 0.717) is 19.0 Å². The first-order chi connectivity index (χ1) is 12.6. The lowest BCUT2D eigenvalue weighted by molar-refractivity contribution is -0.123. The molecule has 0 aliphatic heterocycles. The topological polar surface area (TPSA) is 52.6 Å². The monoisotopic (exact) mass is 354 g/mol. The third kappa shape index (κ3) is 6.62. The van der Waals surface area contributed by atoms with Crippen molar-refractivity contribution in [2.24, 2.45) is 5.92 Å². The Hall–Kier alpha value is -2.17. The Bertz CT molecular complexity index is 644. The second kappa shape index (κ2) is 10.7. The summed E-state index contributed by atoms with van der Waals surface area (Å²) in [5.41, 5.74) is 2.36. The second-order valence-electron chi connectivity index (χ2n) is 6.94. The van der Waals surface area contributed by atoms with Crippen LogP contribution in [0.2, 0.25) is 0 Å². The Balaban J connectivity index is 1.93. The molecule has 2 aromatic rings. The average Bonchev–Trinajstić information content (AvgIpc) is 2.65. The minimum atomic E-state index is -0.00574. The van der Waals surface area contributed by atoms with Crippen LogP contribution in [0.15, 0.2) is 60.7 Å². The van der Waals surface area contributed by atoms with E-state index in [-0.39, 0.29) is 18.6 Å². The predicted molar refractivity (Wildman–Crippen MR) is 106 cm³/mol. The third-order valence-electron chi connectivity index (χ3n) is 4.48. The summed E-state index contributed by atoms with van der Waals surface area (Å²) >= 11 is 0. The molecule has 140 valence electrons. The van der Waals surface area contributed by atoms with Crippen LogP contribution in [-0.2, 0) is 11.2 Å². The largest absolute Gasteiger partial charge is 0.395 e. The van der Waals surface area contributed by atoms with Crippen LogP contribution in [0, 0.1) is 5.92 Å². The van der Waals surface area contributed by atoms with Crippen LogP contribution in [0.5, 0.6) is 0 Å². The van der Waals surface area contributed by atoms with Gasteiger partial charge in [-0.3, -0.25) is 9.69 Å². The Morgan fingerprint density at radius 3 is 2.19 bits per heavy atom. The van der Waals surface area contributed by atoms with Gasteiger partial charge in [0.25, 0.3) is 0 Å². The fourth-order valence-electron chi connectivity index (χ4n) is 3.06. The molecular weight excluding hydrogens is 324 g/mol. The molecule has 4 nitrogen and oxygen atoms in total. The molecule has 1 unspecified atom stereocenters. The van der Waals surface area contributed by atoms with Gasteiger partial charge in [-0.15, -0.1) is 0 Å². The van der Waals surface area contributed by atoms with E-state index in [1.54, 1.807) is 0 Å². The number of rotatable bonds is 10. The van der Waals surface area contributed by atoms with Gasteiger partial charge in [-0.1, -0.05) is 74.5 Å². The minimum absolute atomic E-state index is 0.00550. The first-order valence-corrected chi connectivity index (χ1v) is 9.31. The molecule has 1 amide bonds. The molecule has 0 spiro atoms. The van der Waals surface area contributed by atoms with Crippen molar-refractivity contribution in [3.05, 3.63) is 71.8 Å². The number of benzene rings is 2. The molecule has 0 heterocycles. The Labute approximate surface area is 156 Å². The van der Waals surface area contributed by atoms with E-state index in [0.717, 1.165) is 18.5 Å². The zero-order valence-corrected chi connectivity index (χ0v) is 15.8. The summed E-state index contributed by atoms with van der Waals surface area (Å²) in [5, 5.41) is 12.5. The van der Waals surface area contributed by atoms with Crippen LogP contribution in [0.1, 0.15) is 31.0 Å². The molecule has 26 heavy (non-hydrogen) atoms. The third-order valence-corrected chi connectivity index (χ3v) is 4.48. The molecule has 0 aliphatic rings. The molecule has 0 aromatic heterocycles. The van der Waals surface area contributed by atoms with Crippen molar-refractivity contribution in [1.29, 1.82) is 0 Å². The van der Waals surface area contributed by atoms with Crippen LogP contribution < -0.4 is 5.32 Å². The van der Waals surface area contributed by atoms with Gasteiger partial charge in [0.2, 0.25) is 5.91 Å². The number of hydrogen-bond acceptors (Lipinski definition) is 3. The normalized spacial score (nSPS) is 12.3. The highest BCUT2D eigenvalue weighted by atomic mass is 16.3. The van der Waals surface area contributed by atoms with Crippen molar-refractivity contribution in [3.63, 3.8) is 0 Å². The van der Waals surface area contributed by atoms with Crippen LogP contribution in [0.3, 0.4) is 0 Å². The van der Waals surface area contributed by atoms with Gasteiger partial charge in [0.15, 0.2) is 0 Å². The number of amides is 1. The number of nitrogens with zero attached hydrogens (tertiary/aromatic N) is 1. The fourth-order valence-corrected chi connectivity index (χ4v) is 3.06. The molecule has 0 saturated heterocycles. The number of carbonyl (C=O) groups is 1. The molecule has 1 atom stereocenters. The van der Waals surface area contributed by atoms with E-state index in [1.807, 2.05) is 53.4 Å². The van der Waals surface area contributed by atoms with Crippen LogP contribution in [0.4, 0.5) is 0 Å². The molecule has 0 saturated carbocycles. The molecule has 2 aromatic carbocycles. The van der Waals surface area contributed by atoms with E-state index in [1.165, 1.54) is 5.56 Å². The highest BCUT2D eigenvalue weighted by Gasteiger charge is 2.19. The zero-order valence-electron chi connectivity index (χ0n) is 15.8. The lowest BCUT2D eigenvalue weighted by atomic mass is 9.96. The van der Waals surface area contributed by atoms with Gasteiger partial charge < -0.3 is 10.4 Å². The van der Waals surface area contributed by atoms with Gasteiger partial charge in [-0.05, 0) is 23.5 Å². The Morgan fingerprint density at radius 1 is 1.00 bits per heavy atom. The van der Waals surface area contributed by atoms with Gasteiger partial charge in [0.1, 0.15) is 0 Å². The molecule has 0 radical (unpaired) electrons. The lowest BCUT2D eigenvalue weighted by Gasteiger charge is -2.26. The number of carbonyl (C=O) groups excluding carboxylic acids is 1. The fraction of sp³-hybridized carbons (Fsp3) is 0.409. The average molecular weight is 354 g/mol.